The van der Waals surface area contributed by atoms with Crippen molar-refractivity contribution < 1.29 is 13.9 Å². The van der Waals surface area contributed by atoms with Gasteiger partial charge in [-0.15, -0.1) is 10.2 Å². The lowest BCUT2D eigenvalue weighted by Crippen LogP contribution is -2.50. The van der Waals surface area contributed by atoms with E-state index in [0.717, 1.165) is 11.4 Å². The van der Waals surface area contributed by atoms with Gasteiger partial charge in [-0.05, 0) is 48.5 Å². The first-order valence-electron chi connectivity index (χ1n) is 9.70. The number of nitrogens with zero attached hydrogens (tertiary/aromatic N) is 4. The van der Waals surface area contributed by atoms with Crippen LogP contribution >= 0.6 is 23.2 Å². The summed E-state index contributed by atoms with van der Waals surface area (Å²) in [4.78, 5) is 16.3. The number of aromatic nitrogens is 2. The van der Waals surface area contributed by atoms with Crippen LogP contribution in [-0.2, 0) is 4.79 Å². The van der Waals surface area contributed by atoms with Crippen molar-refractivity contribution in [2.45, 2.75) is 0 Å². The van der Waals surface area contributed by atoms with Gasteiger partial charge in [0.2, 0.25) is 0 Å². The van der Waals surface area contributed by atoms with Gasteiger partial charge < -0.3 is 14.5 Å². The normalized spacial score (nSPS) is 13.9. The van der Waals surface area contributed by atoms with Gasteiger partial charge in [-0.3, -0.25) is 4.79 Å². The van der Waals surface area contributed by atoms with E-state index in [9.17, 15) is 9.18 Å². The summed E-state index contributed by atoms with van der Waals surface area (Å²) >= 11 is 12.1. The van der Waals surface area contributed by atoms with E-state index in [1.807, 2.05) is 12.1 Å². The van der Waals surface area contributed by atoms with Crippen molar-refractivity contribution in [3.8, 4) is 17.0 Å². The molecule has 31 heavy (non-hydrogen) atoms. The van der Waals surface area contributed by atoms with Crippen LogP contribution in [-0.4, -0.2) is 53.8 Å². The monoisotopic (exact) mass is 460 g/mol. The van der Waals surface area contributed by atoms with E-state index in [0.29, 0.717) is 47.7 Å². The van der Waals surface area contributed by atoms with Crippen molar-refractivity contribution in [1.82, 2.24) is 15.1 Å². The standard InChI is InChI=1S/C22H19Cl2FN4O2/c23-17-2-1-3-19(22(17)24)31-14-21(30)29-12-10-28(11-13-29)20-9-8-18(26-27-20)15-4-6-16(25)7-5-15/h1-9H,10-14H2. The fourth-order valence-electron chi connectivity index (χ4n) is 3.28. The number of halogens is 3. The minimum Gasteiger partial charge on any atom is -0.482 e. The van der Waals surface area contributed by atoms with Crippen molar-refractivity contribution in [3.05, 3.63) is 70.5 Å². The molecule has 160 valence electrons. The predicted molar refractivity (Wildman–Crippen MR) is 118 cm³/mol. The van der Waals surface area contributed by atoms with E-state index in [1.54, 1.807) is 35.2 Å². The molecule has 3 aromatic rings. The zero-order valence-corrected chi connectivity index (χ0v) is 18.0. The molecule has 0 spiro atoms. The zero-order chi connectivity index (χ0) is 21.8. The number of carbonyl (C=O) groups excluding carboxylic acids is 1. The van der Waals surface area contributed by atoms with E-state index in [-0.39, 0.29) is 18.3 Å². The third-order valence-corrected chi connectivity index (χ3v) is 5.82. The van der Waals surface area contributed by atoms with Crippen LogP contribution in [0.15, 0.2) is 54.6 Å². The Morgan fingerprint density at radius 1 is 0.968 bits per heavy atom. The Morgan fingerprint density at radius 2 is 1.71 bits per heavy atom. The number of carbonyl (C=O) groups is 1. The third-order valence-electron chi connectivity index (χ3n) is 5.01. The first-order chi connectivity index (χ1) is 15.0. The summed E-state index contributed by atoms with van der Waals surface area (Å²) in [6.45, 7) is 2.26. The van der Waals surface area contributed by atoms with Crippen LogP contribution in [0.3, 0.4) is 0 Å². The van der Waals surface area contributed by atoms with Crippen molar-refractivity contribution in [2.24, 2.45) is 0 Å². The van der Waals surface area contributed by atoms with Gasteiger partial charge in [0.25, 0.3) is 5.91 Å². The van der Waals surface area contributed by atoms with E-state index in [4.69, 9.17) is 27.9 Å². The summed E-state index contributed by atoms with van der Waals surface area (Å²) < 4.78 is 18.6. The van der Waals surface area contributed by atoms with Crippen LogP contribution in [0, 0.1) is 5.82 Å². The molecule has 0 radical (unpaired) electrons. The molecule has 0 bridgehead atoms. The lowest BCUT2D eigenvalue weighted by Gasteiger charge is -2.35. The molecule has 1 aliphatic heterocycles. The highest BCUT2D eigenvalue weighted by molar-refractivity contribution is 6.42. The van der Waals surface area contributed by atoms with Crippen molar-refractivity contribution in [1.29, 1.82) is 0 Å². The van der Waals surface area contributed by atoms with Crippen LogP contribution in [0.2, 0.25) is 10.0 Å². The quantitative estimate of drug-likeness (QED) is 0.567. The minimum atomic E-state index is -0.290. The Labute approximate surface area is 189 Å². The van der Waals surface area contributed by atoms with Gasteiger partial charge >= 0.3 is 0 Å². The second kappa shape index (κ2) is 9.49. The third kappa shape index (κ3) is 5.06. The van der Waals surface area contributed by atoms with Gasteiger partial charge in [-0.1, -0.05) is 29.3 Å². The molecule has 1 saturated heterocycles. The first-order valence-corrected chi connectivity index (χ1v) is 10.5. The number of rotatable bonds is 5. The Balaban J connectivity index is 1.30. The van der Waals surface area contributed by atoms with Gasteiger partial charge in [0.15, 0.2) is 12.4 Å². The molecule has 6 nitrogen and oxygen atoms in total. The first kappa shape index (κ1) is 21.3. The molecule has 9 heteroatoms. The number of hydrogen-bond acceptors (Lipinski definition) is 5. The second-order valence-corrected chi connectivity index (χ2v) is 7.78. The lowest BCUT2D eigenvalue weighted by molar-refractivity contribution is -0.133. The maximum Gasteiger partial charge on any atom is 0.260 e. The summed E-state index contributed by atoms with van der Waals surface area (Å²) in [6, 6.07) is 14.9. The van der Waals surface area contributed by atoms with Gasteiger partial charge in [-0.2, -0.15) is 0 Å². The van der Waals surface area contributed by atoms with Crippen molar-refractivity contribution in [2.75, 3.05) is 37.7 Å². The molecule has 2 heterocycles. The summed E-state index contributed by atoms with van der Waals surface area (Å²) in [5.41, 5.74) is 1.48. The highest BCUT2D eigenvalue weighted by atomic mass is 35.5. The molecule has 4 rings (SSSR count). The second-order valence-electron chi connectivity index (χ2n) is 6.99. The lowest BCUT2D eigenvalue weighted by atomic mass is 10.1. The molecular weight excluding hydrogens is 442 g/mol. The minimum absolute atomic E-state index is 0.105. The maximum atomic E-state index is 13.1. The van der Waals surface area contributed by atoms with E-state index >= 15 is 0 Å². The summed E-state index contributed by atoms with van der Waals surface area (Å²) in [6.07, 6.45) is 0. The van der Waals surface area contributed by atoms with Gasteiger partial charge in [0, 0.05) is 31.7 Å². The molecule has 1 fully saturated rings. The molecular formula is C22H19Cl2FN4O2. The average molecular weight is 461 g/mol. The molecule has 1 amide bonds. The highest BCUT2D eigenvalue weighted by Gasteiger charge is 2.23. The van der Waals surface area contributed by atoms with Crippen LogP contribution in [0.25, 0.3) is 11.3 Å². The van der Waals surface area contributed by atoms with Crippen molar-refractivity contribution >= 4 is 34.9 Å². The number of amides is 1. The van der Waals surface area contributed by atoms with Crippen LogP contribution in [0.1, 0.15) is 0 Å². The molecule has 0 aliphatic carbocycles. The van der Waals surface area contributed by atoms with Crippen LogP contribution in [0.5, 0.6) is 5.75 Å². The van der Waals surface area contributed by atoms with Gasteiger partial charge in [-0.25, -0.2) is 4.39 Å². The highest BCUT2D eigenvalue weighted by Crippen LogP contribution is 2.31. The molecule has 2 aromatic carbocycles. The number of benzene rings is 2. The summed E-state index contributed by atoms with van der Waals surface area (Å²) in [5.74, 6) is 0.716. The topological polar surface area (TPSA) is 58.6 Å². The Hall–Kier alpha value is -2.90. The maximum absolute atomic E-state index is 13.1. The molecule has 1 aromatic heterocycles. The van der Waals surface area contributed by atoms with E-state index in [1.165, 1.54) is 12.1 Å². The Morgan fingerprint density at radius 3 is 2.39 bits per heavy atom. The molecule has 0 atom stereocenters. The van der Waals surface area contributed by atoms with Gasteiger partial charge in [0.05, 0.1) is 10.7 Å². The fourth-order valence-corrected chi connectivity index (χ4v) is 3.63. The molecule has 0 saturated carbocycles. The number of anilines is 1. The number of ether oxygens (including phenoxy) is 1. The predicted octanol–water partition coefficient (Wildman–Crippen LogP) is 4.32. The Bertz CT molecular complexity index is 1060. The summed E-state index contributed by atoms with van der Waals surface area (Å²) in [7, 11) is 0. The SMILES string of the molecule is O=C(COc1cccc(Cl)c1Cl)N1CCN(c2ccc(-c3ccc(F)cc3)nn2)CC1. The fraction of sp³-hybridized carbons (Fsp3) is 0.227. The Kier molecular flexibility index (Phi) is 6.53. The number of hydrogen-bond donors (Lipinski definition) is 0. The number of piperazine rings is 1. The molecule has 1 aliphatic rings. The van der Waals surface area contributed by atoms with Gasteiger partial charge in [0.1, 0.15) is 16.6 Å². The summed E-state index contributed by atoms with van der Waals surface area (Å²) in [5, 5.41) is 9.22. The average Bonchev–Trinajstić information content (AvgIpc) is 2.80. The van der Waals surface area contributed by atoms with Crippen LogP contribution < -0.4 is 9.64 Å². The van der Waals surface area contributed by atoms with Crippen LogP contribution in [0.4, 0.5) is 10.2 Å². The zero-order valence-electron chi connectivity index (χ0n) is 16.5. The smallest absolute Gasteiger partial charge is 0.260 e. The molecule has 0 N–H and O–H groups in total. The van der Waals surface area contributed by atoms with E-state index in [2.05, 4.69) is 15.1 Å². The molecule has 0 unspecified atom stereocenters. The van der Waals surface area contributed by atoms with Crippen molar-refractivity contribution in [3.63, 3.8) is 0 Å². The van der Waals surface area contributed by atoms with E-state index < -0.39 is 0 Å². The largest absolute Gasteiger partial charge is 0.482 e.